The fraction of sp³-hybridized carbons (Fsp3) is 1.00. The summed E-state index contributed by atoms with van der Waals surface area (Å²) in [6, 6.07) is -2.45. The van der Waals surface area contributed by atoms with E-state index in [0.29, 0.717) is 12.5 Å². The number of halogens is 3. The van der Waals surface area contributed by atoms with Crippen molar-refractivity contribution in [1.29, 1.82) is 0 Å². The van der Waals surface area contributed by atoms with Crippen LogP contribution in [0.4, 0.5) is 13.2 Å². The summed E-state index contributed by atoms with van der Waals surface area (Å²) in [6.45, 7) is 5.79. The third-order valence-electron chi connectivity index (χ3n) is 2.37. The van der Waals surface area contributed by atoms with Gasteiger partial charge in [0.1, 0.15) is 6.04 Å². The van der Waals surface area contributed by atoms with Crippen LogP contribution in [0.1, 0.15) is 27.2 Å². The number of rotatable bonds is 5. The van der Waals surface area contributed by atoms with Gasteiger partial charge in [0.05, 0.1) is 0 Å². The normalized spacial score (nSPS) is 17.2. The Labute approximate surface area is 89.6 Å². The quantitative estimate of drug-likeness (QED) is 0.779. The van der Waals surface area contributed by atoms with Gasteiger partial charge in [-0.3, -0.25) is 4.90 Å². The molecule has 0 heterocycles. The van der Waals surface area contributed by atoms with Crippen molar-refractivity contribution in [2.75, 3.05) is 13.6 Å². The van der Waals surface area contributed by atoms with Gasteiger partial charge in [0.25, 0.3) is 0 Å². The zero-order chi connectivity index (χ0) is 12.2. The molecule has 0 radical (unpaired) electrons. The first kappa shape index (κ1) is 14.7. The molecule has 2 N–H and O–H groups in total. The highest BCUT2D eigenvalue weighted by Gasteiger charge is 2.44. The van der Waals surface area contributed by atoms with Gasteiger partial charge in [-0.15, -0.1) is 0 Å². The van der Waals surface area contributed by atoms with E-state index in [1.165, 1.54) is 18.9 Å². The van der Waals surface area contributed by atoms with Crippen LogP contribution < -0.4 is 5.73 Å². The van der Waals surface area contributed by atoms with Crippen LogP contribution >= 0.6 is 0 Å². The second-order valence-electron chi connectivity index (χ2n) is 4.51. The van der Waals surface area contributed by atoms with Crippen molar-refractivity contribution in [3.8, 4) is 0 Å². The van der Waals surface area contributed by atoms with Gasteiger partial charge in [-0.25, -0.2) is 0 Å². The Morgan fingerprint density at radius 2 is 1.67 bits per heavy atom. The Balaban J connectivity index is 4.37. The minimum Gasteiger partial charge on any atom is -0.326 e. The SMILES string of the molecule is CC(C)CCN(C)C(C(C)N)C(F)(F)F. The van der Waals surface area contributed by atoms with E-state index in [1.807, 2.05) is 13.8 Å². The van der Waals surface area contributed by atoms with Crippen molar-refractivity contribution in [2.45, 2.75) is 45.5 Å². The summed E-state index contributed by atoms with van der Waals surface area (Å²) in [4.78, 5) is 1.30. The highest BCUT2D eigenvalue weighted by molar-refractivity contribution is 4.84. The molecule has 2 atom stereocenters. The van der Waals surface area contributed by atoms with E-state index in [4.69, 9.17) is 5.73 Å². The third-order valence-corrected chi connectivity index (χ3v) is 2.37. The molecule has 92 valence electrons. The van der Waals surface area contributed by atoms with Crippen LogP contribution in [-0.4, -0.2) is 36.8 Å². The molecule has 0 aromatic heterocycles. The molecule has 5 heteroatoms. The van der Waals surface area contributed by atoms with E-state index in [9.17, 15) is 13.2 Å². The monoisotopic (exact) mass is 226 g/mol. The molecule has 0 amide bonds. The summed E-state index contributed by atoms with van der Waals surface area (Å²) < 4.78 is 37.9. The number of hydrogen-bond donors (Lipinski definition) is 1. The summed E-state index contributed by atoms with van der Waals surface area (Å²) in [5, 5.41) is 0. The Kier molecular flexibility index (Phi) is 5.59. The minimum atomic E-state index is -4.25. The molecule has 0 aliphatic rings. The average Bonchev–Trinajstić information content (AvgIpc) is 1.96. The second-order valence-corrected chi connectivity index (χ2v) is 4.51. The Morgan fingerprint density at radius 1 is 1.20 bits per heavy atom. The van der Waals surface area contributed by atoms with Gasteiger partial charge in [-0.05, 0) is 32.9 Å². The van der Waals surface area contributed by atoms with Gasteiger partial charge in [0.2, 0.25) is 0 Å². The maximum absolute atomic E-state index is 12.6. The van der Waals surface area contributed by atoms with Crippen LogP contribution in [0.25, 0.3) is 0 Å². The first-order valence-corrected chi connectivity index (χ1v) is 5.18. The maximum atomic E-state index is 12.6. The molecule has 0 aromatic rings. The molecule has 0 aliphatic heterocycles. The molecule has 15 heavy (non-hydrogen) atoms. The van der Waals surface area contributed by atoms with Crippen molar-refractivity contribution in [3.05, 3.63) is 0 Å². The molecular weight excluding hydrogens is 205 g/mol. The lowest BCUT2D eigenvalue weighted by molar-refractivity contribution is -0.184. The summed E-state index contributed by atoms with van der Waals surface area (Å²) in [7, 11) is 1.48. The van der Waals surface area contributed by atoms with Crippen molar-refractivity contribution >= 4 is 0 Å². The van der Waals surface area contributed by atoms with E-state index in [2.05, 4.69) is 0 Å². The van der Waals surface area contributed by atoms with Gasteiger partial charge in [-0.2, -0.15) is 13.2 Å². The second kappa shape index (κ2) is 5.70. The van der Waals surface area contributed by atoms with Crippen molar-refractivity contribution in [3.63, 3.8) is 0 Å². The molecule has 0 aliphatic carbocycles. The zero-order valence-corrected chi connectivity index (χ0v) is 9.80. The summed E-state index contributed by atoms with van der Waals surface area (Å²) in [5.41, 5.74) is 5.37. The fourth-order valence-electron chi connectivity index (χ4n) is 1.55. The minimum absolute atomic E-state index is 0.398. The first-order valence-electron chi connectivity index (χ1n) is 5.18. The molecule has 0 fully saturated rings. The van der Waals surface area contributed by atoms with Crippen molar-refractivity contribution in [2.24, 2.45) is 11.7 Å². The van der Waals surface area contributed by atoms with E-state index in [1.54, 1.807) is 0 Å². The van der Waals surface area contributed by atoms with E-state index in [0.717, 1.165) is 6.42 Å². The van der Waals surface area contributed by atoms with E-state index >= 15 is 0 Å². The Hall–Kier alpha value is -0.290. The summed E-state index contributed by atoms with van der Waals surface area (Å²) >= 11 is 0. The summed E-state index contributed by atoms with van der Waals surface area (Å²) in [6.07, 6.45) is -3.50. The van der Waals surface area contributed by atoms with Gasteiger partial charge in [0, 0.05) is 6.04 Å². The standard InChI is InChI=1S/C10H21F3N2/c1-7(2)5-6-15(4)9(8(3)14)10(11,12)13/h7-9H,5-6,14H2,1-4H3. The number of nitrogens with two attached hydrogens (primary N) is 1. The van der Waals surface area contributed by atoms with Crippen LogP contribution in [0.15, 0.2) is 0 Å². The molecule has 0 saturated heterocycles. The van der Waals surface area contributed by atoms with E-state index in [-0.39, 0.29) is 0 Å². The zero-order valence-electron chi connectivity index (χ0n) is 9.80. The fourth-order valence-corrected chi connectivity index (χ4v) is 1.55. The van der Waals surface area contributed by atoms with Crippen LogP contribution in [-0.2, 0) is 0 Å². The van der Waals surface area contributed by atoms with Crippen LogP contribution in [0.5, 0.6) is 0 Å². The first-order chi connectivity index (χ1) is 6.66. The predicted octanol–water partition coefficient (Wildman–Crippen LogP) is 2.24. The van der Waals surface area contributed by atoms with Crippen molar-refractivity contribution in [1.82, 2.24) is 4.90 Å². The smallest absolute Gasteiger partial charge is 0.326 e. The molecule has 2 unspecified atom stereocenters. The van der Waals surface area contributed by atoms with Gasteiger partial charge >= 0.3 is 6.18 Å². The van der Waals surface area contributed by atoms with Crippen LogP contribution in [0.3, 0.4) is 0 Å². The lowest BCUT2D eigenvalue weighted by Crippen LogP contribution is -2.53. The molecule has 0 rings (SSSR count). The number of alkyl halides is 3. The maximum Gasteiger partial charge on any atom is 0.405 e. The number of likely N-dealkylation sites (N-methyl/N-ethyl adjacent to an activating group) is 1. The lowest BCUT2D eigenvalue weighted by Gasteiger charge is -2.32. The van der Waals surface area contributed by atoms with Gasteiger partial charge in [0.15, 0.2) is 0 Å². The average molecular weight is 226 g/mol. The topological polar surface area (TPSA) is 29.3 Å². The predicted molar refractivity (Wildman–Crippen MR) is 55.6 cm³/mol. The molecule has 0 saturated carbocycles. The molecule has 0 bridgehead atoms. The molecule has 0 aromatic carbocycles. The largest absolute Gasteiger partial charge is 0.405 e. The highest BCUT2D eigenvalue weighted by atomic mass is 19.4. The van der Waals surface area contributed by atoms with Crippen LogP contribution in [0.2, 0.25) is 0 Å². The van der Waals surface area contributed by atoms with Crippen molar-refractivity contribution < 1.29 is 13.2 Å². The number of nitrogens with zero attached hydrogens (tertiary/aromatic N) is 1. The molecule has 0 spiro atoms. The molecular formula is C10H21F3N2. The Morgan fingerprint density at radius 3 is 1.93 bits per heavy atom. The van der Waals surface area contributed by atoms with E-state index < -0.39 is 18.3 Å². The lowest BCUT2D eigenvalue weighted by atomic mass is 10.1. The van der Waals surface area contributed by atoms with Crippen LogP contribution in [0, 0.1) is 5.92 Å². The summed E-state index contributed by atoms with van der Waals surface area (Å²) in [5.74, 6) is 0.398. The van der Waals surface area contributed by atoms with Gasteiger partial charge < -0.3 is 5.73 Å². The highest BCUT2D eigenvalue weighted by Crippen LogP contribution is 2.26. The third kappa shape index (κ3) is 5.37. The number of hydrogen-bond acceptors (Lipinski definition) is 2. The molecule has 2 nitrogen and oxygen atoms in total. The van der Waals surface area contributed by atoms with Gasteiger partial charge in [-0.1, -0.05) is 13.8 Å². The Bertz CT molecular complexity index is 178.